The summed E-state index contributed by atoms with van der Waals surface area (Å²) in [5.74, 6) is -0.474. The minimum absolute atomic E-state index is 0.0591. The summed E-state index contributed by atoms with van der Waals surface area (Å²) in [5, 5.41) is 8.69. The van der Waals surface area contributed by atoms with Gasteiger partial charge in [0.05, 0.1) is 6.07 Å². The highest BCUT2D eigenvalue weighted by molar-refractivity contribution is 5.94. The molecule has 0 spiro atoms. The van der Waals surface area contributed by atoms with E-state index in [1.54, 1.807) is 13.8 Å². The molecule has 0 aliphatic rings. The van der Waals surface area contributed by atoms with Crippen molar-refractivity contribution in [3.63, 3.8) is 0 Å². The van der Waals surface area contributed by atoms with Gasteiger partial charge in [-0.3, -0.25) is 4.79 Å². The van der Waals surface area contributed by atoms with Gasteiger partial charge in [0.15, 0.2) is 0 Å². The van der Waals surface area contributed by atoms with Gasteiger partial charge in [-0.15, -0.1) is 0 Å². The second-order valence-corrected chi connectivity index (χ2v) is 4.09. The number of rotatable bonds is 5. The van der Waals surface area contributed by atoms with Crippen molar-refractivity contribution in [1.29, 1.82) is 5.26 Å². The fraction of sp³-hybridized carbons (Fsp3) is 0.385. The molecule has 0 fully saturated rings. The van der Waals surface area contributed by atoms with Crippen LogP contribution in [0.25, 0.3) is 0 Å². The quantitative estimate of drug-likeness (QED) is 0.771. The molecular weight excluding hydrogens is 254 g/mol. The van der Waals surface area contributed by atoms with E-state index in [9.17, 15) is 13.6 Å². The molecule has 0 heterocycles. The first kappa shape index (κ1) is 14.9. The topological polar surface area (TPSA) is 53.3 Å². The molecular formula is C13H14F2N2O2. The maximum absolute atomic E-state index is 12.1. The molecule has 0 unspecified atom stereocenters. The third kappa shape index (κ3) is 4.21. The van der Waals surface area contributed by atoms with E-state index >= 15 is 0 Å². The number of amides is 1. The maximum atomic E-state index is 12.1. The molecule has 0 saturated heterocycles. The first-order valence-corrected chi connectivity index (χ1v) is 5.68. The van der Waals surface area contributed by atoms with Crippen LogP contribution in [0.4, 0.5) is 8.78 Å². The van der Waals surface area contributed by atoms with Crippen molar-refractivity contribution in [2.24, 2.45) is 0 Å². The Morgan fingerprint density at radius 1 is 1.47 bits per heavy atom. The van der Waals surface area contributed by atoms with Crippen LogP contribution < -0.4 is 4.74 Å². The lowest BCUT2D eigenvalue weighted by Gasteiger charge is -2.24. The predicted octanol–water partition coefficient (Wildman–Crippen LogP) is 2.66. The summed E-state index contributed by atoms with van der Waals surface area (Å²) in [7, 11) is 0. The Morgan fingerprint density at radius 2 is 2.16 bits per heavy atom. The van der Waals surface area contributed by atoms with E-state index in [1.165, 1.54) is 29.2 Å². The summed E-state index contributed by atoms with van der Waals surface area (Å²) < 4.78 is 28.4. The van der Waals surface area contributed by atoms with Gasteiger partial charge in [-0.1, -0.05) is 6.07 Å². The number of ether oxygens (including phenoxy) is 1. The highest BCUT2D eigenvalue weighted by atomic mass is 19.3. The van der Waals surface area contributed by atoms with Gasteiger partial charge in [0, 0.05) is 11.6 Å². The number of alkyl halides is 2. The molecule has 0 atom stereocenters. The van der Waals surface area contributed by atoms with E-state index in [1.807, 2.05) is 6.07 Å². The van der Waals surface area contributed by atoms with Gasteiger partial charge in [0.25, 0.3) is 5.91 Å². The molecule has 0 aromatic heterocycles. The van der Waals surface area contributed by atoms with Crippen molar-refractivity contribution in [3.8, 4) is 11.8 Å². The average molecular weight is 268 g/mol. The van der Waals surface area contributed by atoms with E-state index in [4.69, 9.17) is 5.26 Å². The van der Waals surface area contributed by atoms with Gasteiger partial charge in [-0.25, -0.2) is 0 Å². The van der Waals surface area contributed by atoms with Crippen molar-refractivity contribution >= 4 is 5.91 Å². The van der Waals surface area contributed by atoms with Crippen LogP contribution in [-0.4, -0.2) is 30.0 Å². The van der Waals surface area contributed by atoms with Gasteiger partial charge >= 0.3 is 6.61 Å². The minimum Gasteiger partial charge on any atom is -0.435 e. The Morgan fingerprint density at radius 3 is 2.68 bits per heavy atom. The largest absolute Gasteiger partial charge is 0.435 e. The van der Waals surface area contributed by atoms with Crippen molar-refractivity contribution in [2.75, 3.05) is 6.54 Å². The van der Waals surface area contributed by atoms with Gasteiger partial charge in [0.1, 0.15) is 12.3 Å². The molecule has 1 rings (SSSR count). The monoisotopic (exact) mass is 268 g/mol. The van der Waals surface area contributed by atoms with Crippen LogP contribution in [0.1, 0.15) is 24.2 Å². The number of hydrogen-bond donors (Lipinski definition) is 0. The van der Waals surface area contributed by atoms with Crippen LogP contribution in [-0.2, 0) is 0 Å². The minimum atomic E-state index is -2.94. The van der Waals surface area contributed by atoms with Crippen molar-refractivity contribution in [1.82, 2.24) is 4.90 Å². The van der Waals surface area contributed by atoms with Gasteiger partial charge in [0.2, 0.25) is 0 Å². The SMILES string of the molecule is CC(C)N(CC#N)C(=O)c1cccc(OC(F)F)c1. The average Bonchev–Trinajstić information content (AvgIpc) is 2.34. The first-order chi connectivity index (χ1) is 8.95. The predicted molar refractivity (Wildman–Crippen MR) is 64.9 cm³/mol. The summed E-state index contributed by atoms with van der Waals surface area (Å²) in [6, 6.07) is 7.27. The molecule has 0 aliphatic carbocycles. The molecule has 0 aliphatic heterocycles. The van der Waals surface area contributed by atoms with E-state index < -0.39 is 12.5 Å². The molecule has 1 aromatic carbocycles. The summed E-state index contributed by atoms with van der Waals surface area (Å²) in [5.41, 5.74) is 0.210. The fourth-order valence-corrected chi connectivity index (χ4v) is 1.54. The number of carbonyl (C=O) groups is 1. The van der Waals surface area contributed by atoms with Crippen molar-refractivity contribution in [2.45, 2.75) is 26.5 Å². The number of nitriles is 1. The number of benzene rings is 1. The molecule has 1 aromatic rings. The fourth-order valence-electron chi connectivity index (χ4n) is 1.54. The Kier molecular flexibility index (Phi) is 5.24. The first-order valence-electron chi connectivity index (χ1n) is 5.68. The number of nitrogens with zero attached hydrogens (tertiary/aromatic N) is 2. The molecule has 19 heavy (non-hydrogen) atoms. The lowest BCUT2D eigenvalue weighted by molar-refractivity contribution is -0.0499. The van der Waals surface area contributed by atoms with E-state index in [0.29, 0.717) is 0 Å². The third-order valence-corrected chi connectivity index (χ3v) is 2.43. The summed E-state index contributed by atoms with van der Waals surface area (Å²) >= 11 is 0. The van der Waals surface area contributed by atoms with Crippen LogP contribution in [0.15, 0.2) is 24.3 Å². The summed E-state index contributed by atoms with van der Waals surface area (Å²) in [6.07, 6.45) is 0. The van der Waals surface area contributed by atoms with Crippen LogP contribution in [0.2, 0.25) is 0 Å². The van der Waals surface area contributed by atoms with Gasteiger partial charge < -0.3 is 9.64 Å². The maximum Gasteiger partial charge on any atom is 0.387 e. The Hall–Kier alpha value is -2.16. The second-order valence-electron chi connectivity index (χ2n) is 4.09. The Balaban J connectivity index is 2.95. The lowest BCUT2D eigenvalue weighted by Crippen LogP contribution is -2.37. The molecule has 0 saturated carbocycles. The Labute approximate surface area is 110 Å². The van der Waals surface area contributed by atoms with Crippen LogP contribution in [0.5, 0.6) is 5.75 Å². The van der Waals surface area contributed by atoms with Crippen LogP contribution >= 0.6 is 0 Å². The number of halogens is 2. The van der Waals surface area contributed by atoms with E-state index in [-0.39, 0.29) is 23.9 Å². The van der Waals surface area contributed by atoms with E-state index in [0.717, 1.165) is 0 Å². The summed E-state index contributed by atoms with van der Waals surface area (Å²) in [6.45, 7) is 0.547. The van der Waals surface area contributed by atoms with Crippen molar-refractivity contribution in [3.05, 3.63) is 29.8 Å². The molecule has 4 nitrogen and oxygen atoms in total. The van der Waals surface area contributed by atoms with E-state index in [2.05, 4.69) is 4.74 Å². The molecule has 0 radical (unpaired) electrons. The molecule has 0 bridgehead atoms. The number of hydrogen-bond acceptors (Lipinski definition) is 3. The lowest BCUT2D eigenvalue weighted by atomic mass is 10.1. The normalized spacial score (nSPS) is 10.4. The van der Waals surface area contributed by atoms with Crippen molar-refractivity contribution < 1.29 is 18.3 Å². The summed E-state index contributed by atoms with van der Waals surface area (Å²) in [4.78, 5) is 13.5. The highest BCUT2D eigenvalue weighted by Crippen LogP contribution is 2.18. The zero-order valence-corrected chi connectivity index (χ0v) is 10.6. The van der Waals surface area contributed by atoms with Crippen LogP contribution in [0.3, 0.4) is 0 Å². The zero-order valence-electron chi connectivity index (χ0n) is 10.6. The second kappa shape index (κ2) is 6.69. The molecule has 6 heteroatoms. The van der Waals surface area contributed by atoms with Gasteiger partial charge in [-0.2, -0.15) is 14.0 Å². The Bertz CT molecular complexity index is 484. The smallest absolute Gasteiger partial charge is 0.387 e. The molecule has 102 valence electrons. The van der Waals surface area contributed by atoms with Gasteiger partial charge in [-0.05, 0) is 32.0 Å². The third-order valence-electron chi connectivity index (χ3n) is 2.43. The molecule has 0 N–H and O–H groups in total. The standard InChI is InChI=1S/C13H14F2N2O2/c1-9(2)17(7-6-16)12(18)10-4-3-5-11(8-10)19-13(14)15/h3-5,8-9,13H,7H2,1-2H3. The van der Waals surface area contributed by atoms with Crippen LogP contribution in [0, 0.1) is 11.3 Å². The molecule has 1 amide bonds. The zero-order chi connectivity index (χ0) is 14.4. The highest BCUT2D eigenvalue weighted by Gasteiger charge is 2.19. The number of carbonyl (C=O) groups excluding carboxylic acids is 1.